The van der Waals surface area contributed by atoms with Crippen molar-refractivity contribution in [1.29, 1.82) is 0 Å². The first-order valence-corrected chi connectivity index (χ1v) is 4.91. The van der Waals surface area contributed by atoms with E-state index in [-0.39, 0.29) is 6.67 Å². The fourth-order valence-corrected chi connectivity index (χ4v) is 3.26. The van der Waals surface area contributed by atoms with Crippen LogP contribution in [0, 0.1) is 10.8 Å². The zero-order valence-corrected chi connectivity index (χ0v) is 7.48. The van der Waals surface area contributed by atoms with E-state index >= 15 is 0 Å². The number of hydrogen-bond donors (Lipinski definition) is 1. The lowest BCUT2D eigenvalue weighted by Crippen LogP contribution is -2.63. The van der Waals surface area contributed by atoms with Gasteiger partial charge in [-0.15, -0.1) is 0 Å². The molecule has 0 aliphatic heterocycles. The summed E-state index contributed by atoms with van der Waals surface area (Å²) in [6.07, 6.45) is 6.60. The van der Waals surface area contributed by atoms with Crippen LogP contribution in [0.5, 0.6) is 0 Å². The van der Waals surface area contributed by atoms with Crippen LogP contribution in [0.4, 0.5) is 4.39 Å². The number of unbranched alkanes of at least 4 members (excludes halogenated alkanes) is 1. The summed E-state index contributed by atoms with van der Waals surface area (Å²) < 4.78 is 11.8. The Hall–Kier alpha value is -0.110. The molecule has 0 aromatic carbocycles. The van der Waals surface area contributed by atoms with E-state index in [0.717, 1.165) is 12.8 Å². The molecule has 70 valence electrons. The van der Waals surface area contributed by atoms with Crippen molar-refractivity contribution in [3.63, 3.8) is 0 Å². The highest BCUT2D eigenvalue weighted by Crippen LogP contribution is 2.74. The summed E-state index contributed by atoms with van der Waals surface area (Å²) in [5, 5.41) is 9.01. The van der Waals surface area contributed by atoms with Crippen LogP contribution in [0.3, 0.4) is 0 Å². The molecular weight excluding hydrogens is 155 g/mol. The minimum absolute atomic E-state index is 0.165. The van der Waals surface area contributed by atoms with Crippen LogP contribution in [0.1, 0.15) is 38.5 Å². The number of rotatable bonds is 5. The second kappa shape index (κ2) is 2.69. The third-order valence-electron chi connectivity index (χ3n) is 3.68. The van der Waals surface area contributed by atoms with Gasteiger partial charge in [-0.25, -0.2) is 0 Å². The molecular formula is C10H17FO. The van der Waals surface area contributed by atoms with E-state index in [9.17, 15) is 4.39 Å². The molecule has 0 unspecified atom stereocenters. The van der Waals surface area contributed by atoms with Crippen LogP contribution in [0.2, 0.25) is 0 Å². The van der Waals surface area contributed by atoms with Crippen molar-refractivity contribution >= 4 is 0 Å². The molecule has 1 nitrogen and oxygen atoms in total. The quantitative estimate of drug-likeness (QED) is 0.631. The normalized spacial score (nSPS) is 43.5. The van der Waals surface area contributed by atoms with Gasteiger partial charge in [-0.2, -0.15) is 0 Å². The van der Waals surface area contributed by atoms with Crippen LogP contribution in [0.25, 0.3) is 0 Å². The highest BCUT2D eigenvalue weighted by atomic mass is 19.1. The fraction of sp³-hybridized carbons (Fsp3) is 1.00. The number of hydrogen-bond acceptors (Lipinski definition) is 1. The summed E-state index contributed by atoms with van der Waals surface area (Å²) in [5.41, 5.74) is 0.883. The van der Waals surface area contributed by atoms with Gasteiger partial charge in [0.1, 0.15) is 0 Å². The molecule has 3 saturated carbocycles. The fourth-order valence-electron chi connectivity index (χ4n) is 3.26. The van der Waals surface area contributed by atoms with Crippen LogP contribution < -0.4 is 0 Å². The van der Waals surface area contributed by atoms with E-state index in [1.165, 1.54) is 25.7 Å². The Bertz CT molecular complexity index is 159. The van der Waals surface area contributed by atoms with Gasteiger partial charge < -0.3 is 5.11 Å². The summed E-state index contributed by atoms with van der Waals surface area (Å²) in [7, 11) is 0. The van der Waals surface area contributed by atoms with Crippen molar-refractivity contribution in [2.45, 2.75) is 38.5 Å². The molecule has 2 bridgehead atoms. The molecule has 0 aromatic rings. The molecule has 1 N–H and O–H groups in total. The molecule has 2 heteroatoms. The summed E-state index contributed by atoms with van der Waals surface area (Å²) in [6.45, 7) is 0.207. The Morgan fingerprint density at radius 3 is 2.25 bits per heavy atom. The van der Waals surface area contributed by atoms with E-state index in [4.69, 9.17) is 5.11 Å². The molecule has 0 atom stereocenters. The number of alkyl halides is 1. The first-order chi connectivity index (χ1) is 5.74. The second-order valence-electron chi connectivity index (χ2n) is 4.83. The van der Waals surface area contributed by atoms with E-state index in [1.54, 1.807) is 0 Å². The van der Waals surface area contributed by atoms with Gasteiger partial charge in [0.2, 0.25) is 0 Å². The topological polar surface area (TPSA) is 20.2 Å². The molecule has 0 amide bonds. The number of halogens is 1. The van der Waals surface area contributed by atoms with E-state index < -0.39 is 0 Å². The van der Waals surface area contributed by atoms with Gasteiger partial charge in [0.15, 0.2) is 0 Å². The van der Waals surface area contributed by atoms with Gasteiger partial charge >= 0.3 is 0 Å². The van der Waals surface area contributed by atoms with Crippen LogP contribution >= 0.6 is 0 Å². The van der Waals surface area contributed by atoms with Crippen LogP contribution in [-0.4, -0.2) is 18.4 Å². The summed E-state index contributed by atoms with van der Waals surface area (Å²) in [4.78, 5) is 0. The standard InChI is InChI=1S/C10H17FO/c11-4-2-1-3-9-5-10(6-9,7-9)8-12/h12H,1-8H2. The van der Waals surface area contributed by atoms with Gasteiger partial charge in [0.25, 0.3) is 0 Å². The molecule has 0 heterocycles. The lowest BCUT2D eigenvalue weighted by molar-refractivity contribution is -0.227. The van der Waals surface area contributed by atoms with Crippen molar-refractivity contribution in [3.8, 4) is 0 Å². The Kier molecular flexibility index (Phi) is 1.90. The lowest BCUT2D eigenvalue weighted by atomic mass is 9.34. The maximum absolute atomic E-state index is 11.8. The number of aliphatic hydroxyl groups is 1. The molecule has 0 radical (unpaired) electrons. The monoisotopic (exact) mass is 172 g/mol. The van der Waals surface area contributed by atoms with E-state index in [2.05, 4.69) is 0 Å². The Labute approximate surface area is 73.0 Å². The maximum atomic E-state index is 11.8. The average molecular weight is 172 g/mol. The smallest absolute Gasteiger partial charge is 0.0894 e. The van der Waals surface area contributed by atoms with Crippen LogP contribution in [-0.2, 0) is 0 Å². The zero-order chi connectivity index (χ0) is 8.66. The van der Waals surface area contributed by atoms with Gasteiger partial charge in [0.05, 0.1) is 6.67 Å². The first-order valence-electron chi connectivity index (χ1n) is 4.91. The van der Waals surface area contributed by atoms with Crippen molar-refractivity contribution < 1.29 is 9.50 Å². The zero-order valence-electron chi connectivity index (χ0n) is 7.48. The molecule has 3 aliphatic carbocycles. The van der Waals surface area contributed by atoms with Crippen molar-refractivity contribution in [1.82, 2.24) is 0 Å². The van der Waals surface area contributed by atoms with Gasteiger partial charge in [-0.1, -0.05) is 6.42 Å². The molecule has 0 aromatic heterocycles. The predicted octanol–water partition coefficient (Wildman–Crippen LogP) is 2.29. The van der Waals surface area contributed by atoms with E-state index in [0.29, 0.717) is 17.4 Å². The third kappa shape index (κ3) is 1.08. The molecule has 12 heavy (non-hydrogen) atoms. The molecule has 3 aliphatic rings. The molecule has 0 saturated heterocycles. The molecule has 0 spiro atoms. The maximum Gasteiger partial charge on any atom is 0.0894 e. The first kappa shape index (κ1) is 8.49. The summed E-state index contributed by atoms with van der Waals surface area (Å²) in [5.74, 6) is 0. The Morgan fingerprint density at radius 1 is 1.08 bits per heavy atom. The summed E-state index contributed by atoms with van der Waals surface area (Å²) in [6, 6.07) is 0. The van der Waals surface area contributed by atoms with Gasteiger partial charge in [-0.3, -0.25) is 4.39 Å². The Balaban J connectivity index is 1.67. The van der Waals surface area contributed by atoms with Crippen LogP contribution in [0.15, 0.2) is 0 Å². The minimum Gasteiger partial charge on any atom is -0.396 e. The molecule has 3 rings (SSSR count). The van der Waals surface area contributed by atoms with Gasteiger partial charge in [0, 0.05) is 6.61 Å². The summed E-state index contributed by atoms with van der Waals surface area (Å²) >= 11 is 0. The highest BCUT2D eigenvalue weighted by Gasteiger charge is 2.66. The Morgan fingerprint density at radius 2 is 1.75 bits per heavy atom. The third-order valence-corrected chi connectivity index (χ3v) is 3.68. The van der Waals surface area contributed by atoms with Gasteiger partial charge in [-0.05, 0) is 42.9 Å². The SMILES string of the molecule is OCC12CC(CCCCF)(C1)C2. The van der Waals surface area contributed by atoms with Crippen molar-refractivity contribution in [3.05, 3.63) is 0 Å². The largest absolute Gasteiger partial charge is 0.396 e. The van der Waals surface area contributed by atoms with Crippen molar-refractivity contribution in [2.75, 3.05) is 13.3 Å². The minimum atomic E-state index is -0.165. The highest BCUT2D eigenvalue weighted by molar-refractivity contribution is 5.16. The van der Waals surface area contributed by atoms with E-state index in [1.807, 2.05) is 0 Å². The lowest BCUT2D eigenvalue weighted by Gasteiger charge is -2.71. The number of aliphatic hydroxyl groups excluding tert-OH is 1. The average Bonchev–Trinajstić information content (AvgIpc) is 1.92. The predicted molar refractivity (Wildman–Crippen MR) is 45.6 cm³/mol. The second-order valence-corrected chi connectivity index (χ2v) is 4.83. The molecule has 3 fully saturated rings. The van der Waals surface area contributed by atoms with Crippen molar-refractivity contribution in [2.24, 2.45) is 10.8 Å².